The van der Waals surface area contributed by atoms with Crippen LogP contribution in [0, 0.1) is 0 Å². The third-order valence-corrected chi connectivity index (χ3v) is 4.91. The average Bonchev–Trinajstić information content (AvgIpc) is 2.56. The number of aryl methyl sites for hydroxylation is 2. The van der Waals surface area contributed by atoms with Crippen LogP contribution in [-0.2, 0) is 23.2 Å². The van der Waals surface area contributed by atoms with E-state index < -0.39 is 10.4 Å². The molecule has 0 amide bonds. The molecule has 0 heterocycles. The molecule has 0 aliphatic carbocycles. The first-order valence-electron chi connectivity index (χ1n) is 9.75. The molecular formula is C20H34O4S. The molecule has 0 atom stereocenters. The molecule has 1 rings (SSSR count). The van der Waals surface area contributed by atoms with Gasteiger partial charge in [0, 0.05) is 0 Å². The van der Waals surface area contributed by atoms with Crippen LogP contribution < -0.4 is 4.18 Å². The summed E-state index contributed by atoms with van der Waals surface area (Å²) < 4.78 is 35.1. The van der Waals surface area contributed by atoms with Crippen LogP contribution >= 0.6 is 0 Å². The highest BCUT2D eigenvalue weighted by Gasteiger charge is 2.11. The van der Waals surface area contributed by atoms with E-state index in [0.29, 0.717) is 6.42 Å². The average molecular weight is 371 g/mol. The monoisotopic (exact) mass is 370 g/mol. The standard InChI is InChI=1S/C20H34O4S/c1-3-5-6-7-8-9-10-11-12-13-14-18-15-16-20(19(4-2)17-18)24-25(21,22)23/h15-17H,3-14H2,1-2H3,(H,21,22,23). The second kappa shape index (κ2) is 12.3. The largest absolute Gasteiger partial charge is 0.446 e. The van der Waals surface area contributed by atoms with Crippen LogP contribution in [-0.4, -0.2) is 13.0 Å². The lowest BCUT2D eigenvalue weighted by molar-refractivity contribution is 0.385. The number of benzene rings is 1. The van der Waals surface area contributed by atoms with Crippen LogP contribution in [0.5, 0.6) is 5.75 Å². The van der Waals surface area contributed by atoms with Crippen molar-refractivity contribution in [1.82, 2.24) is 0 Å². The van der Waals surface area contributed by atoms with E-state index in [1.807, 2.05) is 19.1 Å². The van der Waals surface area contributed by atoms with Gasteiger partial charge in [-0.2, -0.15) is 8.42 Å². The normalized spacial score (nSPS) is 11.6. The maximum atomic E-state index is 10.9. The minimum atomic E-state index is -4.46. The van der Waals surface area contributed by atoms with Crippen molar-refractivity contribution in [1.29, 1.82) is 0 Å². The molecule has 0 saturated carbocycles. The van der Waals surface area contributed by atoms with Crippen LogP contribution in [0.3, 0.4) is 0 Å². The Kier molecular flexibility index (Phi) is 10.8. The number of unbranched alkanes of at least 4 members (excludes halogenated alkanes) is 9. The van der Waals surface area contributed by atoms with Crippen LogP contribution in [0.2, 0.25) is 0 Å². The predicted molar refractivity (Wildman–Crippen MR) is 104 cm³/mol. The molecule has 0 radical (unpaired) electrons. The van der Waals surface area contributed by atoms with Crippen LogP contribution in [0.4, 0.5) is 0 Å². The van der Waals surface area contributed by atoms with E-state index in [4.69, 9.17) is 4.55 Å². The minimum absolute atomic E-state index is 0.219. The zero-order valence-electron chi connectivity index (χ0n) is 15.8. The van der Waals surface area contributed by atoms with Gasteiger partial charge in [-0.25, -0.2) is 0 Å². The zero-order chi connectivity index (χ0) is 18.5. The fraction of sp³-hybridized carbons (Fsp3) is 0.700. The third-order valence-electron chi connectivity index (χ3n) is 4.52. The molecule has 0 aliphatic heterocycles. The fourth-order valence-electron chi connectivity index (χ4n) is 3.08. The van der Waals surface area contributed by atoms with E-state index in [1.54, 1.807) is 6.07 Å². The first-order valence-corrected chi connectivity index (χ1v) is 11.1. The summed E-state index contributed by atoms with van der Waals surface area (Å²) in [6, 6.07) is 5.50. The van der Waals surface area contributed by atoms with E-state index in [0.717, 1.165) is 18.4 Å². The zero-order valence-corrected chi connectivity index (χ0v) is 16.6. The molecule has 5 heteroatoms. The van der Waals surface area contributed by atoms with Gasteiger partial charge in [-0.3, -0.25) is 4.55 Å². The molecule has 0 bridgehead atoms. The lowest BCUT2D eigenvalue weighted by Crippen LogP contribution is -2.08. The van der Waals surface area contributed by atoms with Gasteiger partial charge < -0.3 is 4.18 Å². The van der Waals surface area contributed by atoms with Gasteiger partial charge in [-0.15, -0.1) is 0 Å². The van der Waals surface area contributed by atoms with Gasteiger partial charge in [0.15, 0.2) is 0 Å². The molecule has 0 spiro atoms. The van der Waals surface area contributed by atoms with Crippen molar-refractivity contribution >= 4 is 10.4 Å². The summed E-state index contributed by atoms with van der Waals surface area (Å²) in [7, 11) is -4.46. The third kappa shape index (κ3) is 10.5. The Morgan fingerprint density at radius 2 is 1.44 bits per heavy atom. The number of rotatable bonds is 14. The Hall–Kier alpha value is -1.07. The van der Waals surface area contributed by atoms with Gasteiger partial charge in [0.05, 0.1) is 0 Å². The Balaban J connectivity index is 2.25. The molecule has 25 heavy (non-hydrogen) atoms. The summed E-state index contributed by atoms with van der Waals surface area (Å²) in [5, 5.41) is 0. The van der Waals surface area contributed by atoms with Gasteiger partial charge in [-0.05, 0) is 36.5 Å². The van der Waals surface area contributed by atoms with Crippen LogP contribution in [0.15, 0.2) is 18.2 Å². The molecular weight excluding hydrogens is 336 g/mol. The van der Waals surface area contributed by atoms with E-state index >= 15 is 0 Å². The summed E-state index contributed by atoms with van der Waals surface area (Å²) in [4.78, 5) is 0. The predicted octanol–water partition coefficient (Wildman–Crippen LogP) is 5.89. The lowest BCUT2D eigenvalue weighted by atomic mass is 10.0. The number of hydrogen-bond donors (Lipinski definition) is 1. The topological polar surface area (TPSA) is 63.6 Å². The van der Waals surface area contributed by atoms with Gasteiger partial charge in [0.25, 0.3) is 0 Å². The van der Waals surface area contributed by atoms with Gasteiger partial charge in [0.1, 0.15) is 5.75 Å². The SMILES string of the molecule is CCCCCCCCCCCCc1ccc(OS(=O)(=O)O)c(CC)c1. The molecule has 0 aromatic heterocycles. The van der Waals surface area contributed by atoms with E-state index in [1.165, 1.54) is 63.4 Å². The van der Waals surface area contributed by atoms with Crippen molar-refractivity contribution in [3.8, 4) is 5.75 Å². The fourth-order valence-corrected chi connectivity index (χ4v) is 3.47. The van der Waals surface area contributed by atoms with Gasteiger partial charge >= 0.3 is 10.4 Å². The van der Waals surface area contributed by atoms with Gasteiger partial charge in [0.2, 0.25) is 0 Å². The van der Waals surface area contributed by atoms with Crippen LogP contribution in [0.1, 0.15) is 89.2 Å². The van der Waals surface area contributed by atoms with Crippen molar-refractivity contribution in [2.24, 2.45) is 0 Å². The highest BCUT2D eigenvalue weighted by Crippen LogP contribution is 2.23. The van der Waals surface area contributed by atoms with Crippen molar-refractivity contribution in [2.45, 2.75) is 90.9 Å². The molecule has 0 aliphatic rings. The first kappa shape index (κ1) is 22.0. The Morgan fingerprint density at radius 1 is 0.880 bits per heavy atom. The molecule has 1 N–H and O–H groups in total. The van der Waals surface area contributed by atoms with E-state index in [-0.39, 0.29) is 5.75 Å². The second-order valence-corrected chi connectivity index (χ2v) is 7.76. The maximum Gasteiger partial charge on any atom is 0.446 e. The van der Waals surface area contributed by atoms with E-state index in [2.05, 4.69) is 11.1 Å². The second-order valence-electron chi connectivity index (χ2n) is 6.74. The molecule has 144 valence electrons. The summed E-state index contributed by atoms with van der Waals surface area (Å²) in [5.41, 5.74) is 2.00. The lowest BCUT2D eigenvalue weighted by Gasteiger charge is -2.10. The van der Waals surface area contributed by atoms with Crippen molar-refractivity contribution < 1.29 is 17.2 Å². The maximum absolute atomic E-state index is 10.9. The Bertz CT molecular complexity index is 581. The quantitative estimate of drug-likeness (QED) is 0.327. The summed E-state index contributed by atoms with van der Waals surface area (Å²) in [6.07, 6.45) is 14.8. The highest BCUT2D eigenvalue weighted by atomic mass is 32.3. The van der Waals surface area contributed by atoms with Crippen molar-refractivity contribution in [3.63, 3.8) is 0 Å². The molecule has 0 fully saturated rings. The summed E-state index contributed by atoms with van der Waals surface area (Å²) >= 11 is 0. The Labute approximate surface area is 153 Å². The van der Waals surface area contributed by atoms with Crippen LogP contribution in [0.25, 0.3) is 0 Å². The highest BCUT2D eigenvalue weighted by molar-refractivity contribution is 7.81. The summed E-state index contributed by atoms with van der Waals surface area (Å²) in [5.74, 6) is 0.219. The molecule has 1 aromatic carbocycles. The van der Waals surface area contributed by atoms with Gasteiger partial charge in [-0.1, -0.05) is 83.8 Å². The molecule has 0 saturated heterocycles. The van der Waals surface area contributed by atoms with Crippen molar-refractivity contribution in [2.75, 3.05) is 0 Å². The molecule has 1 aromatic rings. The minimum Gasteiger partial charge on any atom is -0.362 e. The first-order chi connectivity index (χ1) is 12.0. The smallest absolute Gasteiger partial charge is 0.362 e. The summed E-state index contributed by atoms with van der Waals surface area (Å²) in [6.45, 7) is 4.19. The van der Waals surface area contributed by atoms with Crippen molar-refractivity contribution in [3.05, 3.63) is 29.3 Å². The van der Waals surface area contributed by atoms with E-state index in [9.17, 15) is 8.42 Å². The Morgan fingerprint density at radius 3 is 1.96 bits per heavy atom. The molecule has 0 unspecified atom stereocenters. The molecule has 4 nitrogen and oxygen atoms in total. The number of hydrogen-bond acceptors (Lipinski definition) is 3.